The number of carbonyl (C=O) groups excluding carboxylic acids is 1. The fourth-order valence-electron chi connectivity index (χ4n) is 0.770. The van der Waals surface area contributed by atoms with Gasteiger partial charge in [0.25, 0.3) is 0 Å². The van der Waals surface area contributed by atoms with Gasteiger partial charge in [0.2, 0.25) is 16.2 Å². The van der Waals surface area contributed by atoms with E-state index >= 15 is 0 Å². The van der Waals surface area contributed by atoms with Crippen molar-refractivity contribution in [3.63, 3.8) is 0 Å². The normalized spacial score (nSPS) is 9.08. The second-order valence-corrected chi connectivity index (χ2v) is 2.97. The summed E-state index contributed by atoms with van der Waals surface area (Å²) in [5.41, 5.74) is 0. The molecule has 0 aliphatic heterocycles. The van der Waals surface area contributed by atoms with Gasteiger partial charge < -0.3 is 4.74 Å². The SMILES string of the molecule is C=[S+]c1ccc(OC(C)=O)cc1. The van der Waals surface area contributed by atoms with Crippen LogP contribution in [0.15, 0.2) is 29.2 Å². The Hall–Kier alpha value is -1.22. The lowest BCUT2D eigenvalue weighted by Crippen LogP contribution is -2.00. The quantitative estimate of drug-likeness (QED) is 0.299. The van der Waals surface area contributed by atoms with E-state index in [1.807, 2.05) is 12.1 Å². The molecule has 62 valence electrons. The van der Waals surface area contributed by atoms with Gasteiger partial charge in [0.15, 0.2) is 5.87 Å². The maximum absolute atomic E-state index is 10.5. The average Bonchev–Trinajstić information content (AvgIpc) is 2.05. The Balaban J connectivity index is 2.77. The van der Waals surface area contributed by atoms with Crippen molar-refractivity contribution in [3.8, 4) is 5.75 Å². The van der Waals surface area contributed by atoms with Crippen LogP contribution >= 0.6 is 0 Å². The topological polar surface area (TPSA) is 26.3 Å². The standard InChI is InChI=1S/C9H9O2S/c1-7(10)11-8-3-5-9(12-2)6-4-8/h3-6H,2H2,1H3/q+1. The Morgan fingerprint density at radius 1 is 1.42 bits per heavy atom. The highest BCUT2D eigenvalue weighted by atomic mass is 32.1. The van der Waals surface area contributed by atoms with Crippen molar-refractivity contribution in [3.05, 3.63) is 24.3 Å². The van der Waals surface area contributed by atoms with Gasteiger partial charge in [-0.15, -0.1) is 0 Å². The Morgan fingerprint density at radius 2 is 2.00 bits per heavy atom. The fourth-order valence-corrected chi connectivity index (χ4v) is 1.10. The predicted molar refractivity (Wildman–Crippen MR) is 50.5 cm³/mol. The molecule has 0 saturated heterocycles. The van der Waals surface area contributed by atoms with Gasteiger partial charge in [0, 0.05) is 19.1 Å². The molecule has 1 rings (SSSR count). The van der Waals surface area contributed by atoms with Crippen molar-refractivity contribution in [2.24, 2.45) is 0 Å². The van der Waals surface area contributed by atoms with E-state index in [-0.39, 0.29) is 5.97 Å². The number of hydrogen-bond acceptors (Lipinski definition) is 2. The molecule has 0 amide bonds. The van der Waals surface area contributed by atoms with E-state index in [2.05, 4.69) is 5.87 Å². The summed E-state index contributed by atoms with van der Waals surface area (Å²) >= 11 is 1.41. The Morgan fingerprint density at radius 3 is 2.42 bits per heavy atom. The van der Waals surface area contributed by atoms with Crippen molar-refractivity contribution in [1.82, 2.24) is 0 Å². The third-order valence-electron chi connectivity index (χ3n) is 1.25. The molecule has 0 radical (unpaired) electrons. The highest BCUT2D eigenvalue weighted by molar-refractivity contribution is 7.76. The van der Waals surface area contributed by atoms with Gasteiger partial charge in [0.05, 0.1) is 0 Å². The average molecular weight is 181 g/mol. The van der Waals surface area contributed by atoms with Crippen molar-refractivity contribution in [2.75, 3.05) is 0 Å². The number of carbonyl (C=O) groups is 1. The summed E-state index contributed by atoms with van der Waals surface area (Å²) < 4.78 is 4.85. The van der Waals surface area contributed by atoms with Crippen LogP contribution in [0.3, 0.4) is 0 Å². The molecule has 0 unspecified atom stereocenters. The van der Waals surface area contributed by atoms with E-state index in [0.29, 0.717) is 5.75 Å². The van der Waals surface area contributed by atoms with E-state index in [0.717, 1.165) is 4.90 Å². The van der Waals surface area contributed by atoms with Crippen molar-refractivity contribution in [2.45, 2.75) is 11.8 Å². The van der Waals surface area contributed by atoms with Crippen LogP contribution in [-0.2, 0) is 16.1 Å². The molecular formula is C9H9O2S+. The summed E-state index contributed by atoms with van der Waals surface area (Å²) in [5.74, 6) is 3.92. The lowest BCUT2D eigenvalue weighted by atomic mass is 10.3. The Labute approximate surface area is 75.1 Å². The molecule has 0 aliphatic carbocycles. The molecular weight excluding hydrogens is 172 g/mol. The first-order chi connectivity index (χ1) is 5.72. The molecule has 0 spiro atoms. The summed E-state index contributed by atoms with van der Waals surface area (Å²) in [5, 5.41) is 0. The largest absolute Gasteiger partial charge is 0.427 e. The number of esters is 1. The summed E-state index contributed by atoms with van der Waals surface area (Å²) in [7, 11) is 0. The zero-order chi connectivity index (χ0) is 8.97. The van der Waals surface area contributed by atoms with E-state index in [1.54, 1.807) is 12.1 Å². The van der Waals surface area contributed by atoms with Gasteiger partial charge >= 0.3 is 5.97 Å². The van der Waals surface area contributed by atoms with Crippen LogP contribution in [0.5, 0.6) is 5.75 Å². The van der Waals surface area contributed by atoms with Crippen molar-refractivity contribution >= 4 is 23.2 Å². The predicted octanol–water partition coefficient (Wildman–Crippen LogP) is 1.49. The summed E-state index contributed by atoms with van der Waals surface area (Å²) in [4.78, 5) is 11.6. The molecule has 0 heterocycles. The van der Waals surface area contributed by atoms with Crippen LogP contribution in [0, 0.1) is 0 Å². The summed E-state index contributed by atoms with van der Waals surface area (Å²) in [6.45, 7) is 1.38. The molecule has 1 aromatic rings. The summed E-state index contributed by atoms with van der Waals surface area (Å²) in [6, 6.07) is 7.20. The molecule has 2 nitrogen and oxygen atoms in total. The molecule has 0 N–H and O–H groups in total. The summed E-state index contributed by atoms with van der Waals surface area (Å²) in [6.07, 6.45) is 0. The first-order valence-electron chi connectivity index (χ1n) is 3.43. The van der Waals surface area contributed by atoms with E-state index < -0.39 is 0 Å². The van der Waals surface area contributed by atoms with Crippen LogP contribution < -0.4 is 4.74 Å². The van der Waals surface area contributed by atoms with Crippen LogP contribution in [0.2, 0.25) is 0 Å². The van der Waals surface area contributed by atoms with Crippen molar-refractivity contribution in [1.29, 1.82) is 0 Å². The molecule has 0 atom stereocenters. The molecule has 12 heavy (non-hydrogen) atoms. The smallest absolute Gasteiger partial charge is 0.308 e. The highest BCUT2D eigenvalue weighted by Gasteiger charge is 2.01. The molecule has 0 aromatic heterocycles. The minimum Gasteiger partial charge on any atom is -0.427 e. The van der Waals surface area contributed by atoms with Gasteiger partial charge in [-0.05, 0) is 12.1 Å². The third kappa shape index (κ3) is 2.43. The van der Waals surface area contributed by atoms with E-state index in [1.165, 1.54) is 18.3 Å². The van der Waals surface area contributed by atoms with E-state index in [4.69, 9.17) is 4.74 Å². The van der Waals surface area contributed by atoms with Crippen LogP contribution in [0.4, 0.5) is 0 Å². The monoisotopic (exact) mass is 181 g/mol. The Kier molecular flexibility index (Phi) is 2.94. The van der Waals surface area contributed by atoms with Gasteiger partial charge in [-0.1, -0.05) is 0 Å². The maximum Gasteiger partial charge on any atom is 0.308 e. The zero-order valence-electron chi connectivity index (χ0n) is 6.74. The number of benzene rings is 1. The lowest BCUT2D eigenvalue weighted by molar-refractivity contribution is -0.131. The molecule has 0 saturated carbocycles. The first-order valence-corrected chi connectivity index (χ1v) is 4.41. The molecule has 3 heteroatoms. The first kappa shape index (κ1) is 8.87. The molecule has 0 bridgehead atoms. The van der Waals surface area contributed by atoms with Gasteiger partial charge in [0.1, 0.15) is 5.75 Å². The minimum atomic E-state index is -0.301. The maximum atomic E-state index is 10.5. The Bertz CT molecular complexity index is 290. The van der Waals surface area contributed by atoms with Gasteiger partial charge in [-0.25, -0.2) is 0 Å². The second-order valence-electron chi connectivity index (χ2n) is 2.21. The molecule has 0 fully saturated rings. The fraction of sp³-hybridized carbons (Fsp3) is 0.111. The van der Waals surface area contributed by atoms with E-state index in [9.17, 15) is 4.79 Å². The van der Waals surface area contributed by atoms with Gasteiger partial charge in [-0.2, -0.15) is 0 Å². The zero-order valence-corrected chi connectivity index (χ0v) is 7.56. The lowest BCUT2D eigenvalue weighted by Gasteiger charge is -1.97. The minimum absolute atomic E-state index is 0.301. The highest BCUT2D eigenvalue weighted by Crippen LogP contribution is 2.11. The number of rotatable bonds is 2. The number of ether oxygens (including phenoxy) is 1. The van der Waals surface area contributed by atoms with Gasteiger partial charge in [-0.3, -0.25) is 4.79 Å². The second kappa shape index (κ2) is 3.97. The molecule has 0 aliphatic rings. The van der Waals surface area contributed by atoms with Crippen LogP contribution in [0.1, 0.15) is 6.92 Å². The van der Waals surface area contributed by atoms with Crippen LogP contribution in [0.25, 0.3) is 0 Å². The molecule has 1 aromatic carbocycles. The van der Waals surface area contributed by atoms with Crippen LogP contribution in [-0.4, -0.2) is 11.8 Å². The number of hydrogen-bond donors (Lipinski definition) is 0. The third-order valence-corrected chi connectivity index (χ3v) is 1.86. The van der Waals surface area contributed by atoms with Crippen molar-refractivity contribution < 1.29 is 9.53 Å².